The summed E-state index contributed by atoms with van der Waals surface area (Å²) in [5, 5.41) is 10.2. The van der Waals surface area contributed by atoms with Crippen LogP contribution in [0, 0.1) is 4.91 Å². The standard InChI is InChI=1S/C14H15N5O/c20-18-5-1-9-19-10-11(2-8-17-19)12-3-6-15-14-13(12)4-7-16-14/h3-4,6-8,10H,1-2,5,9H2,(H,15,16). The van der Waals surface area contributed by atoms with Crippen LogP contribution in [0.4, 0.5) is 0 Å². The van der Waals surface area contributed by atoms with Gasteiger partial charge in [0.05, 0.1) is 6.54 Å². The second kappa shape index (κ2) is 5.64. The summed E-state index contributed by atoms with van der Waals surface area (Å²) < 4.78 is 0. The molecule has 3 rings (SSSR count). The molecule has 1 aliphatic heterocycles. The Balaban J connectivity index is 1.85. The van der Waals surface area contributed by atoms with Gasteiger partial charge in [-0.05, 0) is 29.7 Å². The van der Waals surface area contributed by atoms with Crippen LogP contribution in [-0.2, 0) is 0 Å². The van der Waals surface area contributed by atoms with E-state index in [1.54, 1.807) is 6.20 Å². The third kappa shape index (κ3) is 2.45. The highest BCUT2D eigenvalue weighted by Crippen LogP contribution is 2.27. The Morgan fingerprint density at radius 1 is 1.40 bits per heavy atom. The Morgan fingerprint density at radius 3 is 3.25 bits per heavy atom. The van der Waals surface area contributed by atoms with Crippen molar-refractivity contribution in [2.75, 3.05) is 13.1 Å². The van der Waals surface area contributed by atoms with Crippen molar-refractivity contribution >= 4 is 22.8 Å². The molecule has 102 valence electrons. The van der Waals surface area contributed by atoms with E-state index < -0.39 is 0 Å². The van der Waals surface area contributed by atoms with Gasteiger partial charge in [-0.2, -0.15) is 10.0 Å². The summed E-state index contributed by atoms with van der Waals surface area (Å²) in [6.07, 6.45) is 9.13. The van der Waals surface area contributed by atoms with Crippen molar-refractivity contribution < 1.29 is 0 Å². The molecule has 0 atom stereocenters. The average Bonchev–Trinajstić information content (AvgIpc) is 2.96. The molecule has 2 aromatic heterocycles. The number of nitroso groups, excluding NO2 is 1. The van der Waals surface area contributed by atoms with E-state index in [0.717, 1.165) is 17.5 Å². The number of nitrogens with zero attached hydrogens (tertiary/aromatic N) is 4. The number of fused-ring (bicyclic) bond motifs is 1. The first-order valence-corrected chi connectivity index (χ1v) is 6.60. The van der Waals surface area contributed by atoms with Crippen LogP contribution < -0.4 is 0 Å². The van der Waals surface area contributed by atoms with Crippen molar-refractivity contribution in [2.24, 2.45) is 10.3 Å². The summed E-state index contributed by atoms with van der Waals surface area (Å²) in [5.41, 5.74) is 3.26. The van der Waals surface area contributed by atoms with Crippen LogP contribution in [0.25, 0.3) is 16.6 Å². The van der Waals surface area contributed by atoms with Gasteiger partial charge in [0, 0.05) is 43.2 Å². The molecular formula is C14H15N5O. The van der Waals surface area contributed by atoms with Gasteiger partial charge < -0.3 is 4.98 Å². The first kappa shape index (κ1) is 12.5. The van der Waals surface area contributed by atoms with Gasteiger partial charge in [-0.1, -0.05) is 5.18 Å². The second-order valence-corrected chi connectivity index (χ2v) is 4.62. The monoisotopic (exact) mass is 269 g/mol. The van der Waals surface area contributed by atoms with Crippen LogP contribution in [0.3, 0.4) is 0 Å². The number of aromatic nitrogens is 2. The van der Waals surface area contributed by atoms with Crippen molar-refractivity contribution in [3.05, 3.63) is 41.2 Å². The first-order valence-electron chi connectivity index (χ1n) is 6.60. The molecule has 0 bridgehead atoms. The molecule has 20 heavy (non-hydrogen) atoms. The Bertz CT molecular complexity index is 673. The minimum atomic E-state index is 0.326. The lowest BCUT2D eigenvalue weighted by Gasteiger charge is -2.20. The van der Waals surface area contributed by atoms with E-state index in [9.17, 15) is 4.91 Å². The van der Waals surface area contributed by atoms with E-state index in [0.29, 0.717) is 19.5 Å². The van der Waals surface area contributed by atoms with Gasteiger partial charge in [0.1, 0.15) is 5.65 Å². The summed E-state index contributed by atoms with van der Waals surface area (Å²) in [6.45, 7) is 1.03. The molecule has 0 unspecified atom stereocenters. The van der Waals surface area contributed by atoms with Gasteiger partial charge in [0.25, 0.3) is 0 Å². The summed E-state index contributed by atoms with van der Waals surface area (Å²) in [7, 11) is 0. The number of H-pyrrole nitrogens is 1. The number of pyridine rings is 1. The minimum absolute atomic E-state index is 0.326. The molecule has 3 heterocycles. The highest BCUT2D eigenvalue weighted by Gasteiger charge is 2.12. The second-order valence-electron chi connectivity index (χ2n) is 4.62. The Labute approximate surface area is 116 Å². The van der Waals surface area contributed by atoms with Gasteiger partial charge in [0.2, 0.25) is 0 Å². The van der Waals surface area contributed by atoms with Crippen molar-refractivity contribution in [1.82, 2.24) is 15.0 Å². The van der Waals surface area contributed by atoms with Crippen LogP contribution in [0.5, 0.6) is 0 Å². The van der Waals surface area contributed by atoms with Gasteiger partial charge in [-0.3, -0.25) is 5.01 Å². The van der Waals surface area contributed by atoms with E-state index in [-0.39, 0.29) is 0 Å². The number of rotatable bonds is 5. The van der Waals surface area contributed by atoms with Gasteiger partial charge >= 0.3 is 0 Å². The van der Waals surface area contributed by atoms with E-state index in [4.69, 9.17) is 0 Å². The maximum Gasteiger partial charge on any atom is 0.137 e. The zero-order valence-corrected chi connectivity index (χ0v) is 11.0. The maximum absolute atomic E-state index is 10.1. The molecule has 0 amide bonds. The minimum Gasteiger partial charge on any atom is -0.346 e. The summed E-state index contributed by atoms with van der Waals surface area (Å²) >= 11 is 0. The molecule has 0 saturated heterocycles. The van der Waals surface area contributed by atoms with E-state index in [2.05, 4.69) is 20.2 Å². The SMILES string of the molecule is O=NCCCN1C=C(c2ccnc3[nH]ccc23)CC=N1. The Hall–Kier alpha value is -2.50. The fraction of sp³-hybridized carbons (Fsp3) is 0.286. The van der Waals surface area contributed by atoms with Crippen molar-refractivity contribution in [3.8, 4) is 0 Å². The number of hydrogen-bond donors (Lipinski definition) is 1. The zero-order valence-electron chi connectivity index (χ0n) is 11.0. The van der Waals surface area contributed by atoms with Gasteiger partial charge in [-0.15, -0.1) is 0 Å². The fourth-order valence-electron chi connectivity index (χ4n) is 2.35. The third-order valence-electron chi connectivity index (χ3n) is 3.29. The van der Waals surface area contributed by atoms with Crippen LogP contribution in [0.1, 0.15) is 18.4 Å². The molecule has 2 aromatic rings. The molecule has 0 spiro atoms. The molecule has 0 aromatic carbocycles. The van der Waals surface area contributed by atoms with E-state index in [1.807, 2.05) is 35.8 Å². The lowest BCUT2D eigenvalue weighted by atomic mass is 10.0. The normalized spacial score (nSPS) is 14.6. The Morgan fingerprint density at radius 2 is 2.35 bits per heavy atom. The van der Waals surface area contributed by atoms with Gasteiger partial charge in [0.15, 0.2) is 0 Å². The summed E-state index contributed by atoms with van der Waals surface area (Å²) in [6, 6.07) is 4.05. The molecule has 0 aliphatic carbocycles. The molecule has 6 heteroatoms. The van der Waals surface area contributed by atoms with Crippen molar-refractivity contribution in [2.45, 2.75) is 12.8 Å². The largest absolute Gasteiger partial charge is 0.346 e. The highest BCUT2D eigenvalue weighted by atomic mass is 16.3. The predicted octanol–water partition coefficient (Wildman–Crippen LogP) is 2.75. The van der Waals surface area contributed by atoms with Crippen LogP contribution in [0.15, 0.2) is 41.0 Å². The molecule has 0 saturated carbocycles. The summed E-state index contributed by atoms with van der Waals surface area (Å²) in [4.78, 5) is 17.5. The molecule has 6 nitrogen and oxygen atoms in total. The number of nitrogens with one attached hydrogen (secondary N) is 1. The Kier molecular flexibility index (Phi) is 3.54. The van der Waals surface area contributed by atoms with E-state index >= 15 is 0 Å². The molecule has 1 N–H and O–H groups in total. The molecule has 1 aliphatic rings. The third-order valence-corrected chi connectivity index (χ3v) is 3.29. The molecule has 0 radical (unpaired) electrons. The highest BCUT2D eigenvalue weighted by molar-refractivity contribution is 5.93. The number of hydrazone groups is 1. The smallest absolute Gasteiger partial charge is 0.137 e. The van der Waals surface area contributed by atoms with Crippen molar-refractivity contribution in [1.29, 1.82) is 0 Å². The average molecular weight is 269 g/mol. The van der Waals surface area contributed by atoms with E-state index in [1.165, 1.54) is 11.1 Å². The van der Waals surface area contributed by atoms with Crippen LogP contribution in [-0.4, -0.2) is 34.3 Å². The topological polar surface area (TPSA) is 73.7 Å². The maximum atomic E-state index is 10.1. The van der Waals surface area contributed by atoms with Crippen LogP contribution >= 0.6 is 0 Å². The molecular weight excluding hydrogens is 254 g/mol. The fourth-order valence-corrected chi connectivity index (χ4v) is 2.35. The van der Waals surface area contributed by atoms with Crippen molar-refractivity contribution in [3.63, 3.8) is 0 Å². The molecule has 0 fully saturated rings. The predicted molar refractivity (Wildman–Crippen MR) is 79.2 cm³/mol. The quantitative estimate of drug-likeness (QED) is 0.670. The number of aromatic amines is 1. The zero-order chi connectivity index (χ0) is 13.8. The number of allylic oxidation sites excluding steroid dienone is 1. The lowest BCUT2D eigenvalue weighted by Crippen LogP contribution is -2.16. The lowest BCUT2D eigenvalue weighted by molar-refractivity contribution is 0.392. The van der Waals surface area contributed by atoms with Crippen LogP contribution in [0.2, 0.25) is 0 Å². The van der Waals surface area contributed by atoms with Gasteiger partial charge in [-0.25, -0.2) is 4.98 Å². The first-order chi connectivity index (χ1) is 9.88. The summed E-state index contributed by atoms with van der Waals surface area (Å²) in [5.74, 6) is 0. The number of hydrogen-bond acceptors (Lipinski definition) is 5.